The third kappa shape index (κ3) is 3.30. The molecule has 2 nitrogen and oxygen atoms in total. The number of unbranched alkanes of at least 4 members (excludes halogenated alkanes) is 2. The van der Waals surface area contributed by atoms with E-state index >= 15 is 0 Å². The number of halogens is 2. The molecule has 1 aromatic heterocycles. The van der Waals surface area contributed by atoms with Crippen molar-refractivity contribution in [1.82, 2.24) is 0 Å². The molecule has 1 heterocycles. The molecular formula is C20H22F2O2S. The first-order chi connectivity index (χ1) is 12.1. The third-order valence-corrected chi connectivity index (χ3v) is 5.42. The Kier molecular flexibility index (Phi) is 5.42. The van der Waals surface area contributed by atoms with E-state index in [1.807, 2.05) is 19.1 Å². The summed E-state index contributed by atoms with van der Waals surface area (Å²) in [5.41, 5.74) is 0.715. The number of fused-ring (bicyclic) bond motifs is 3. The molecule has 0 aliphatic heterocycles. The Morgan fingerprint density at radius 1 is 0.960 bits per heavy atom. The van der Waals surface area contributed by atoms with E-state index in [0.29, 0.717) is 33.6 Å². The number of aryl methyl sites for hydroxylation is 1. The molecule has 25 heavy (non-hydrogen) atoms. The largest absolute Gasteiger partial charge is 0.490 e. The van der Waals surface area contributed by atoms with Crippen LogP contribution in [0.15, 0.2) is 18.2 Å². The van der Waals surface area contributed by atoms with E-state index < -0.39 is 11.6 Å². The molecule has 0 radical (unpaired) electrons. The molecule has 2 aromatic carbocycles. The van der Waals surface area contributed by atoms with Gasteiger partial charge in [0.15, 0.2) is 23.1 Å². The minimum absolute atomic E-state index is 0.234. The zero-order valence-electron chi connectivity index (χ0n) is 14.7. The van der Waals surface area contributed by atoms with Gasteiger partial charge in [-0.3, -0.25) is 0 Å². The molecule has 5 heteroatoms. The van der Waals surface area contributed by atoms with Crippen LogP contribution in [-0.2, 0) is 0 Å². The number of ether oxygens (including phenoxy) is 2. The Morgan fingerprint density at radius 2 is 1.72 bits per heavy atom. The van der Waals surface area contributed by atoms with Crippen molar-refractivity contribution in [2.45, 2.75) is 40.0 Å². The van der Waals surface area contributed by atoms with Crippen LogP contribution in [-0.4, -0.2) is 13.2 Å². The SMILES string of the molecule is CCCCCOc1ccc2c(sc3c(F)c(OCC)c(C)cc32)c1F. The van der Waals surface area contributed by atoms with Crippen LogP contribution in [0.1, 0.15) is 38.7 Å². The highest BCUT2D eigenvalue weighted by Crippen LogP contribution is 2.43. The predicted molar refractivity (Wildman–Crippen MR) is 100 cm³/mol. The van der Waals surface area contributed by atoms with Crippen LogP contribution in [0.5, 0.6) is 11.5 Å². The van der Waals surface area contributed by atoms with Gasteiger partial charge in [-0.05, 0) is 44.0 Å². The molecule has 0 saturated heterocycles. The molecule has 0 spiro atoms. The van der Waals surface area contributed by atoms with Gasteiger partial charge in [-0.15, -0.1) is 11.3 Å². The highest BCUT2D eigenvalue weighted by molar-refractivity contribution is 7.25. The van der Waals surface area contributed by atoms with E-state index in [2.05, 4.69) is 6.92 Å². The van der Waals surface area contributed by atoms with Crippen molar-refractivity contribution in [1.29, 1.82) is 0 Å². The maximum atomic E-state index is 14.8. The zero-order valence-corrected chi connectivity index (χ0v) is 15.6. The first-order valence-electron chi connectivity index (χ1n) is 8.67. The van der Waals surface area contributed by atoms with Crippen LogP contribution < -0.4 is 9.47 Å². The molecule has 3 aromatic rings. The number of rotatable bonds is 7. The average molecular weight is 364 g/mol. The maximum absolute atomic E-state index is 14.8. The van der Waals surface area contributed by atoms with Crippen LogP contribution in [0.2, 0.25) is 0 Å². The molecule has 0 atom stereocenters. The van der Waals surface area contributed by atoms with Crippen molar-refractivity contribution in [3.05, 3.63) is 35.4 Å². The second kappa shape index (κ2) is 7.56. The average Bonchev–Trinajstić information content (AvgIpc) is 2.97. The van der Waals surface area contributed by atoms with Crippen LogP contribution >= 0.6 is 11.3 Å². The lowest BCUT2D eigenvalue weighted by atomic mass is 10.1. The van der Waals surface area contributed by atoms with Gasteiger partial charge in [-0.25, -0.2) is 8.78 Å². The van der Waals surface area contributed by atoms with E-state index in [-0.39, 0.29) is 11.5 Å². The first-order valence-corrected chi connectivity index (χ1v) is 9.49. The summed E-state index contributed by atoms with van der Waals surface area (Å²) in [5.74, 6) is -0.344. The molecule has 3 rings (SSSR count). The van der Waals surface area contributed by atoms with Crippen molar-refractivity contribution in [3.63, 3.8) is 0 Å². The molecule has 134 valence electrons. The zero-order chi connectivity index (χ0) is 18.0. The second-order valence-corrected chi connectivity index (χ2v) is 7.08. The minimum atomic E-state index is -0.414. The lowest BCUT2D eigenvalue weighted by Gasteiger charge is -2.09. The fourth-order valence-electron chi connectivity index (χ4n) is 2.96. The molecule has 0 aliphatic carbocycles. The van der Waals surface area contributed by atoms with Gasteiger partial charge in [-0.1, -0.05) is 19.8 Å². The molecule has 0 N–H and O–H groups in total. The Hall–Kier alpha value is -1.88. The molecule has 0 fully saturated rings. The lowest BCUT2D eigenvalue weighted by Crippen LogP contribution is -1.98. The monoisotopic (exact) mass is 364 g/mol. The van der Waals surface area contributed by atoms with E-state index in [1.54, 1.807) is 13.0 Å². The van der Waals surface area contributed by atoms with Gasteiger partial charge in [0.1, 0.15) is 0 Å². The standard InChI is InChI=1S/C20H22F2O2S/c1-4-6-7-10-24-15-9-8-13-14-11-12(3)18(23-5-2)17(22)20(14)25-19(13)16(15)21/h8-9,11H,4-7,10H2,1-3H3. The van der Waals surface area contributed by atoms with Crippen molar-refractivity contribution < 1.29 is 18.3 Å². The van der Waals surface area contributed by atoms with E-state index in [9.17, 15) is 8.78 Å². The maximum Gasteiger partial charge on any atom is 0.183 e. The summed E-state index contributed by atoms with van der Waals surface area (Å²) in [7, 11) is 0. The minimum Gasteiger partial charge on any atom is -0.490 e. The van der Waals surface area contributed by atoms with Crippen molar-refractivity contribution >= 4 is 31.5 Å². The topological polar surface area (TPSA) is 18.5 Å². The number of thiophene rings is 1. The van der Waals surface area contributed by atoms with Crippen LogP contribution in [0.25, 0.3) is 20.2 Å². The first kappa shape index (κ1) is 17.9. The summed E-state index contributed by atoms with van der Waals surface area (Å²) in [5, 5.41) is 1.43. The van der Waals surface area contributed by atoms with Gasteiger partial charge < -0.3 is 9.47 Å². The summed E-state index contributed by atoms with van der Waals surface area (Å²) in [6, 6.07) is 5.31. The summed E-state index contributed by atoms with van der Waals surface area (Å²) in [4.78, 5) is 0. The summed E-state index contributed by atoms with van der Waals surface area (Å²) < 4.78 is 41.5. The van der Waals surface area contributed by atoms with Gasteiger partial charge in [0, 0.05) is 10.8 Å². The summed E-state index contributed by atoms with van der Waals surface area (Å²) >= 11 is 1.11. The van der Waals surface area contributed by atoms with Crippen molar-refractivity contribution in [3.8, 4) is 11.5 Å². The van der Waals surface area contributed by atoms with Gasteiger partial charge in [0.05, 0.1) is 22.6 Å². The second-order valence-electron chi connectivity index (χ2n) is 6.06. The molecule has 0 amide bonds. The van der Waals surface area contributed by atoms with Gasteiger partial charge in [0.2, 0.25) is 0 Å². The molecule has 0 saturated carbocycles. The highest BCUT2D eigenvalue weighted by atomic mass is 32.1. The summed E-state index contributed by atoms with van der Waals surface area (Å²) in [6.45, 7) is 6.60. The fourth-order valence-corrected chi connectivity index (χ4v) is 4.10. The quantitative estimate of drug-likeness (QED) is 0.439. The highest BCUT2D eigenvalue weighted by Gasteiger charge is 2.20. The molecule has 0 aliphatic rings. The Morgan fingerprint density at radius 3 is 2.44 bits per heavy atom. The number of hydrogen-bond donors (Lipinski definition) is 0. The lowest BCUT2D eigenvalue weighted by molar-refractivity contribution is 0.293. The Labute approximate surface area is 150 Å². The molecular weight excluding hydrogens is 342 g/mol. The number of hydrogen-bond acceptors (Lipinski definition) is 3. The number of benzene rings is 2. The third-order valence-electron chi connectivity index (χ3n) is 4.21. The van der Waals surface area contributed by atoms with Crippen LogP contribution in [0.3, 0.4) is 0 Å². The van der Waals surface area contributed by atoms with E-state index in [0.717, 1.165) is 36.0 Å². The molecule has 0 bridgehead atoms. The predicted octanol–water partition coefficient (Wildman–Crippen LogP) is 6.61. The summed E-state index contributed by atoms with van der Waals surface area (Å²) in [6.07, 6.45) is 3.03. The normalized spacial score (nSPS) is 11.4. The Balaban J connectivity index is 2.07. The fraction of sp³-hybridized carbons (Fsp3) is 0.400. The van der Waals surface area contributed by atoms with Gasteiger partial charge in [0.25, 0.3) is 0 Å². The van der Waals surface area contributed by atoms with Gasteiger partial charge >= 0.3 is 0 Å². The van der Waals surface area contributed by atoms with E-state index in [4.69, 9.17) is 9.47 Å². The Bertz CT molecular complexity index is 902. The van der Waals surface area contributed by atoms with Crippen LogP contribution in [0.4, 0.5) is 8.78 Å². The van der Waals surface area contributed by atoms with Crippen LogP contribution in [0, 0.1) is 18.6 Å². The van der Waals surface area contributed by atoms with Crippen molar-refractivity contribution in [2.24, 2.45) is 0 Å². The smallest absolute Gasteiger partial charge is 0.183 e. The van der Waals surface area contributed by atoms with Crippen molar-refractivity contribution in [2.75, 3.05) is 13.2 Å². The van der Waals surface area contributed by atoms with Gasteiger partial charge in [-0.2, -0.15) is 0 Å². The van der Waals surface area contributed by atoms with E-state index in [1.165, 1.54) is 0 Å². The molecule has 0 unspecified atom stereocenters.